The van der Waals surface area contributed by atoms with E-state index in [-0.39, 0.29) is 4.90 Å². The van der Waals surface area contributed by atoms with Gasteiger partial charge < -0.3 is 4.90 Å². The summed E-state index contributed by atoms with van der Waals surface area (Å²) in [7, 11) is -3.59. The zero-order valence-electron chi connectivity index (χ0n) is 16.2. The molecule has 0 bridgehead atoms. The number of anilines is 1. The van der Waals surface area contributed by atoms with E-state index in [1.54, 1.807) is 23.7 Å². The van der Waals surface area contributed by atoms with Gasteiger partial charge in [-0.05, 0) is 49.7 Å². The van der Waals surface area contributed by atoms with Crippen molar-refractivity contribution in [3.63, 3.8) is 0 Å². The van der Waals surface area contributed by atoms with E-state index in [0.29, 0.717) is 48.4 Å². The molecule has 2 aromatic heterocycles. The summed E-state index contributed by atoms with van der Waals surface area (Å²) in [4.78, 5) is 2.29. The van der Waals surface area contributed by atoms with E-state index in [1.165, 1.54) is 10.4 Å². The molecule has 0 unspecified atom stereocenters. The normalized spacial score (nSPS) is 15.6. The Balaban J connectivity index is 1.46. The molecule has 8 nitrogen and oxygen atoms in total. The number of benzene rings is 1. The third kappa shape index (κ3) is 3.98. The number of sulfonamides is 1. The molecule has 3 aromatic rings. The number of aromatic nitrogens is 4. The summed E-state index contributed by atoms with van der Waals surface area (Å²) in [6.07, 6.45) is 1.83. The van der Waals surface area contributed by atoms with E-state index < -0.39 is 10.0 Å². The van der Waals surface area contributed by atoms with Gasteiger partial charge >= 0.3 is 0 Å². The second kappa shape index (κ2) is 7.74. The Labute approximate surface area is 174 Å². The molecule has 3 heterocycles. The van der Waals surface area contributed by atoms with Gasteiger partial charge in [-0.15, -0.1) is 10.2 Å². The Hall–Kier alpha value is -2.49. The zero-order valence-corrected chi connectivity index (χ0v) is 17.7. The first kappa shape index (κ1) is 19.8. The summed E-state index contributed by atoms with van der Waals surface area (Å²) in [5.41, 5.74) is 1.59. The zero-order chi connectivity index (χ0) is 20.6. The van der Waals surface area contributed by atoms with Crippen LogP contribution < -0.4 is 4.90 Å². The van der Waals surface area contributed by atoms with Crippen molar-refractivity contribution < 1.29 is 8.42 Å². The summed E-state index contributed by atoms with van der Waals surface area (Å²) in [5.74, 6) is 1.35. The number of piperazine rings is 1. The fourth-order valence-corrected chi connectivity index (χ4v) is 5.21. The number of aryl methyl sites for hydroxylation is 2. The number of hydrogen-bond acceptors (Lipinski definition) is 6. The first-order chi connectivity index (χ1) is 13.8. The largest absolute Gasteiger partial charge is 0.352 e. The van der Waals surface area contributed by atoms with Crippen LogP contribution in [-0.2, 0) is 10.0 Å². The summed E-state index contributed by atoms with van der Waals surface area (Å²) in [6, 6.07) is 10.6. The van der Waals surface area contributed by atoms with Crippen LogP contribution in [-0.4, -0.2) is 58.9 Å². The second-order valence-electron chi connectivity index (χ2n) is 6.95. The lowest BCUT2D eigenvalue weighted by Crippen LogP contribution is -2.49. The molecule has 0 radical (unpaired) electrons. The quantitative estimate of drug-likeness (QED) is 0.629. The average Bonchev–Trinajstić information content (AvgIpc) is 3.16. The van der Waals surface area contributed by atoms with Crippen LogP contribution in [0, 0.1) is 13.8 Å². The molecule has 1 aliphatic heterocycles. The minimum Gasteiger partial charge on any atom is -0.352 e. The first-order valence-corrected chi connectivity index (χ1v) is 11.0. The van der Waals surface area contributed by atoms with Gasteiger partial charge in [0, 0.05) is 37.4 Å². The molecule has 1 fully saturated rings. The van der Waals surface area contributed by atoms with Gasteiger partial charge in [-0.3, -0.25) is 0 Å². The number of nitrogens with zero attached hydrogens (tertiary/aromatic N) is 6. The van der Waals surface area contributed by atoms with E-state index in [0.717, 1.165) is 5.69 Å². The van der Waals surface area contributed by atoms with Crippen molar-refractivity contribution in [2.45, 2.75) is 18.7 Å². The molecular weight excluding hydrogens is 412 g/mol. The lowest BCUT2D eigenvalue weighted by molar-refractivity contribution is 0.383. The van der Waals surface area contributed by atoms with Gasteiger partial charge in [0.15, 0.2) is 11.6 Å². The van der Waals surface area contributed by atoms with Crippen molar-refractivity contribution >= 4 is 27.4 Å². The Bertz CT molecular complexity index is 1120. The van der Waals surface area contributed by atoms with Crippen LogP contribution >= 0.6 is 11.6 Å². The maximum atomic E-state index is 13.0. The molecule has 152 valence electrons. The predicted molar refractivity (Wildman–Crippen MR) is 111 cm³/mol. The minimum absolute atomic E-state index is 0.261. The van der Waals surface area contributed by atoms with Crippen molar-refractivity contribution in [3.8, 4) is 5.82 Å². The molecule has 4 rings (SSSR count). The van der Waals surface area contributed by atoms with Gasteiger partial charge in [0.05, 0.1) is 10.6 Å². The molecule has 0 aliphatic carbocycles. The molecule has 0 atom stereocenters. The molecule has 1 saturated heterocycles. The SMILES string of the molecule is Cc1ccn(-c2ccc(N3CCN(S(=O)(=O)c4cc(Cl)ccc4C)CC3)nn2)n1. The highest BCUT2D eigenvalue weighted by Gasteiger charge is 2.30. The van der Waals surface area contributed by atoms with E-state index in [9.17, 15) is 8.42 Å². The molecule has 1 aliphatic rings. The van der Waals surface area contributed by atoms with E-state index in [4.69, 9.17) is 11.6 Å². The van der Waals surface area contributed by atoms with Gasteiger partial charge in [-0.2, -0.15) is 9.40 Å². The summed E-state index contributed by atoms with van der Waals surface area (Å²) < 4.78 is 29.2. The summed E-state index contributed by atoms with van der Waals surface area (Å²) in [5, 5.41) is 13.3. The fourth-order valence-electron chi connectivity index (χ4n) is 3.30. The van der Waals surface area contributed by atoms with Crippen LogP contribution in [0.5, 0.6) is 0 Å². The third-order valence-corrected chi connectivity index (χ3v) is 7.20. The number of halogens is 1. The van der Waals surface area contributed by atoms with E-state index in [1.807, 2.05) is 36.2 Å². The third-order valence-electron chi connectivity index (χ3n) is 4.92. The lowest BCUT2D eigenvalue weighted by Gasteiger charge is -2.34. The number of hydrogen-bond donors (Lipinski definition) is 0. The van der Waals surface area contributed by atoms with Crippen molar-refractivity contribution in [1.82, 2.24) is 24.3 Å². The van der Waals surface area contributed by atoms with Gasteiger partial charge in [-0.1, -0.05) is 17.7 Å². The number of rotatable bonds is 4. The van der Waals surface area contributed by atoms with Gasteiger partial charge in [0.1, 0.15) is 0 Å². The first-order valence-electron chi connectivity index (χ1n) is 9.22. The molecule has 10 heteroatoms. The lowest BCUT2D eigenvalue weighted by atomic mass is 10.2. The average molecular weight is 433 g/mol. The van der Waals surface area contributed by atoms with E-state index >= 15 is 0 Å². The summed E-state index contributed by atoms with van der Waals surface area (Å²) >= 11 is 6.01. The molecule has 0 N–H and O–H groups in total. The van der Waals surface area contributed by atoms with Crippen LogP contribution in [0.25, 0.3) is 5.82 Å². The molecule has 0 spiro atoms. The Kier molecular flexibility index (Phi) is 5.28. The van der Waals surface area contributed by atoms with E-state index in [2.05, 4.69) is 15.3 Å². The smallest absolute Gasteiger partial charge is 0.243 e. The Morgan fingerprint density at radius 2 is 1.62 bits per heavy atom. The van der Waals surface area contributed by atoms with Crippen molar-refractivity contribution in [2.75, 3.05) is 31.1 Å². The standard InChI is InChI=1S/C19H21ClN6O2S/c1-14-3-4-16(20)13-17(14)29(27,28)25-11-9-24(10-12-25)18-5-6-19(22-21-18)26-8-7-15(2)23-26/h3-8,13H,9-12H2,1-2H3. The van der Waals surface area contributed by atoms with Gasteiger partial charge in [0.2, 0.25) is 10.0 Å². The molecule has 0 saturated carbocycles. The summed E-state index contributed by atoms with van der Waals surface area (Å²) in [6.45, 7) is 5.50. The van der Waals surface area contributed by atoms with Crippen LogP contribution in [0.3, 0.4) is 0 Å². The molecule has 1 aromatic carbocycles. The minimum atomic E-state index is -3.59. The van der Waals surface area contributed by atoms with Crippen LogP contribution in [0.1, 0.15) is 11.3 Å². The monoisotopic (exact) mass is 432 g/mol. The van der Waals surface area contributed by atoms with Crippen molar-refractivity contribution in [1.29, 1.82) is 0 Å². The predicted octanol–water partition coefficient (Wildman–Crippen LogP) is 2.44. The second-order valence-corrected chi connectivity index (χ2v) is 9.30. The fraction of sp³-hybridized carbons (Fsp3) is 0.316. The highest BCUT2D eigenvalue weighted by Crippen LogP contribution is 2.25. The van der Waals surface area contributed by atoms with Crippen LogP contribution in [0.15, 0.2) is 47.5 Å². The van der Waals surface area contributed by atoms with Crippen LogP contribution in [0.2, 0.25) is 5.02 Å². The van der Waals surface area contributed by atoms with Crippen molar-refractivity contribution in [2.24, 2.45) is 0 Å². The molecule has 0 amide bonds. The van der Waals surface area contributed by atoms with Gasteiger partial charge in [0.25, 0.3) is 0 Å². The van der Waals surface area contributed by atoms with Crippen molar-refractivity contribution in [3.05, 3.63) is 58.9 Å². The van der Waals surface area contributed by atoms with Gasteiger partial charge in [-0.25, -0.2) is 13.1 Å². The Morgan fingerprint density at radius 1 is 0.931 bits per heavy atom. The maximum absolute atomic E-state index is 13.0. The molecule has 29 heavy (non-hydrogen) atoms. The van der Waals surface area contributed by atoms with Crippen LogP contribution in [0.4, 0.5) is 5.82 Å². The topological polar surface area (TPSA) is 84.2 Å². The maximum Gasteiger partial charge on any atom is 0.243 e. The molecular formula is C19H21ClN6O2S. The Morgan fingerprint density at radius 3 is 2.24 bits per heavy atom. The highest BCUT2D eigenvalue weighted by molar-refractivity contribution is 7.89. The highest BCUT2D eigenvalue weighted by atomic mass is 35.5.